The first-order valence-electron chi connectivity index (χ1n) is 5.34. The molecule has 0 spiro atoms. The van der Waals surface area contributed by atoms with Gasteiger partial charge >= 0.3 is 0 Å². The van der Waals surface area contributed by atoms with Gasteiger partial charge < -0.3 is 5.32 Å². The van der Waals surface area contributed by atoms with Gasteiger partial charge in [0.15, 0.2) is 11.6 Å². The number of nitrogens with one attached hydrogen (secondary N) is 1. The number of benzene rings is 1. The first-order chi connectivity index (χ1) is 8.68. The third kappa shape index (κ3) is 3.40. The predicted octanol–water partition coefficient (Wildman–Crippen LogP) is 0.865. The van der Waals surface area contributed by atoms with Crippen LogP contribution in [0.5, 0.6) is 0 Å². The summed E-state index contributed by atoms with van der Waals surface area (Å²) in [6.45, 7) is 1.35. The fraction of sp³-hybridized carbons (Fsp3) is 0.364. The molecule has 0 bridgehead atoms. The van der Waals surface area contributed by atoms with Crippen LogP contribution in [0.25, 0.3) is 0 Å². The topological polar surface area (TPSA) is 66.5 Å². The molecule has 0 saturated heterocycles. The van der Waals surface area contributed by atoms with E-state index in [2.05, 4.69) is 5.32 Å². The summed E-state index contributed by atoms with van der Waals surface area (Å²) in [6.07, 6.45) is 0.883. The summed E-state index contributed by atoms with van der Waals surface area (Å²) in [5.74, 6) is -2.84. The van der Waals surface area contributed by atoms with E-state index in [9.17, 15) is 22.0 Å². The zero-order valence-corrected chi connectivity index (χ0v) is 11.5. The molecular formula is C11H14F2N2O3S. The van der Waals surface area contributed by atoms with Gasteiger partial charge in [-0.3, -0.25) is 9.10 Å². The highest BCUT2D eigenvalue weighted by Crippen LogP contribution is 2.23. The lowest BCUT2D eigenvalue weighted by molar-refractivity contribution is -0.121. The summed E-state index contributed by atoms with van der Waals surface area (Å²) >= 11 is 0. The molecule has 19 heavy (non-hydrogen) atoms. The van der Waals surface area contributed by atoms with E-state index in [1.165, 1.54) is 14.0 Å². The number of halogens is 2. The van der Waals surface area contributed by atoms with Crippen molar-refractivity contribution in [3.8, 4) is 0 Å². The standard InChI is InChI=1S/C11H14F2N2O3S/c1-7(11(16)14-2)15(19(3,17)18)8-4-5-9(12)10(13)6-8/h4-7H,1-3H3,(H,14,16)/t7-/m1/s1. The highest BCUT2D eigenvalue weighted by atomic mass is 32.2. The van der Waals surface area contributed by atoms with Crippen LogP contribution in [-0.2, 0) is 14.8 Å². The molecule has 1 aromatic carbocycles. The average molecular weight is 292 g/mol. The molecule has 1 amide bonds. The maximum atomic E-state index is 13.2. The van der Waals surface area contributed by atoms with E-state index in [-0.39, 0.29) is 5.69 Å². The van der Waals surface area contributed by atoms with Crippen LogP contribution in [0.1, 0.15) is 6.92 Å². The largest absolute Gasteiger partial charge is 0.357 e. The third-order valence-corrected chi connectivity index (χ3v) is 3.73. The molecule has 0 unspecified atom stereocenters. The van der Waals surface area contributed by atoms with Crippen LogP contribution >= 0.6 is 0 Å². The fourth-order valence-electron chi connectivity index (χ4n) is 1.64. The van der Waals surface area contributed by atoms with Gasteiger partial charge in [0.1, 0.15) is 6.04 Å². The number of carbonyl (C=O) groups excluding carboxylic acids is 1. The SMILES string of the molecule is CNC(=O)[C@@H](C)N(c1ccc(F)c(F)c1)S(C)(=O)=O. The second-order valence-electron chi connectivity index (χ2n) is 3.95. The first-order valence-corrected chi connectivity index (χ1v) is 7.19. The number of nitrogens with zero attached hydrogens (tertiary/aromatic N) is 1. The van der Waals surface area contributed by atoms with Gasteiger partial charge in [0.2, 0.25) is 15.9 Å². The van der Waals surface area contributed by atoms with Gasteiger partial charge in [-0.15, -0.1) is 0 Å². The number of anilines is 1. The Morgan fingerprint density at radius 1 is 1.32 bits per heavy atom. The van der Waals surface area contributed by atoms with Crippen molar-refractivity contribution < 1.29 is 22.0 Å². The Bertz CT molecular complexity index is 590. The van der Waals surface area contributed by atoms with Gasteiger partial charge in [-0.25, -0.2) is 17.2 Å². The number of carbonyl (C=O) groups is 1. The maximum absolute atomic E-state index is 13.2. The molecule has 0 aliphatic carbocycles. The summed E-state index contributed by atoms with van der Waals surface area (Å²) in [4.78, 5) is 11.5. The van der Waals surface area contributed by atoms with Crippen molar-refractivity contribution in [2.24, 2.45) is 0 Å². The minimum absolute atomic E-state index is 0.113. The van der Waals surface area contributed by atoms with E-state index >= 15 is 0 Å². The van der Waals surface area contributed by atoms with E-state index in [1.54, 1.807) is 0 Å². The average Bonchev–Trinajstić information content (AvgIpc) is 2.31. The van der Waals surface area contributed by atoms with E-state index in [0.717, 1.165) is 28.8 Å². The van der Waals surface area contributed by atoms with Gasteiger partial charge in [0.25, 0.3) is 0 Å². The maximum Gasteiger partial charge on any atom is 0.243 e. The van der Waals surface area contributed by atoms with E-state index in [1.807, 2.05) is 0 Å². The van der Waals surface area contributed by atoms with Crippen LogP contribution in [0.2, 0.25) is 0 Å². The number of sulfonamides is 1. The van der Waals surface area contributed by atoms with Crippen LogP contribution in [0.15, 0.2) is 18.2 Å². The molecule has 0 aliphatic rings. The Hall–Kier alpha value is -1.70. The summed E-state index contributed by atoms with van der Waals surface area (Å²) < 4.78 is 50.2. The van der Waals surface area contributed by atoms with Crippen LogP contribution in [0, 0.1) is 11.6 Å². The Morgan fingerprint density at radius 2 is 1.89 bits per heavy atom. The van der Waals surface area contributed by atoms with Crippen molar-refractivity contribution in [1.82, 2.24) is 5.32 Å². The van der Waals surface area contributed by atoms with Crippen LogP contribution < -0.4 is 9.62 Å². The molecule has 0 heterocycles. The zero-order valence-electron chi connectivity index (χ0n) is 10.6. The number of hydrogen-bond donors (Lipinski definition) is 1. The smallest absolute Gasteiger partial charge is 0.243 e. The van der Waals surface area contributed by atoms with E-state index in [4.69, 9.17) is 0 Å². The molecule has 0 aromatic heterocycles. The van der Waals surface area contributed by atoms with Gasteiger partial charge in [-0.2, -0.15) is 0 Å². The molecular weight excluding hydrogens is 278 g/mol. The minimum atomic E-state index is -3.82. The highest BCUT2D eigenvalue weighted by Gasteiger charge is 2.29. The predicted molar refractivity (Wildman–Crippen MR) is 67.2 cm³/mol. The van der Waals surface area contributed by atoms with Gasteiger partial charge in [0, 0.05) is 13.1 Å². The van der Waals surface area contributed by atoms with Crippen molar-refractivity contribution in [3.63, 3.8) is 0 Å². The molecule has 8 heteroatoms. The van der Waals surface area contributed by atoms with Crippen molar-refractivity contribution in [2.75, 3.05) is 17.6 Å². The number of amides is 1. The molecule has 0 fully saturated rings. The highest BCUT2D eigenvalue weighted by molar-refractivity contribution is 7.92. The molecule has 1 aromatic rings. The molecule has 1 rings (SSSR count). The minimum Gasteiger partial charge on any atom is -0.357 e. The van der Waals surface area contributed by atoms with Crippen LogP contribution in [0.4, 0.5) is 14.5 Å². The molecule has 0 saturated carbocycles. The number of hydrogen-bond acceptors (Lipinski definition) is 3. The normalized spacial score (nSPS) is 12.9. The molecule has 106 valence electrons. The molecule has 1 N–H and O–H groups in total. The fourth-order valence-corrected chi connectivity index (χ4v) is 2.81. The van der Waals surface area contributed by atoms with E-state index < -0.39 is 33.6 Å². The van der Waals surface area contributed by atoms with Gasteiger partial charge in [0.05, 0.1) is 11.9 Å². The summed E-state index contributed by atoms with van der Waals surface area (Å²) in [5.41, 5.74) is -0.113. The number of likely N-dealkylation sites (N-methyl/N-ethyl adjacent to an activating group) is 1. The third-order valence-electron chi connectivity index (χ3n) is 2.49. The zero-order chi connectivity index (χ0) is 14.8. The van der Waals surface area contributed by atoms with Crippen LogP contribution in [0.3, 0.4) is 0 Å². The number of rotatable bonds is 4. The quantitative estimate of drug-likeness (QED) is 0.895. The van der Waals surface area contributed by atoms with Crippen molar-refractivity contribution in [3.05, 3.63) is 29.8 Å². The second-order valence-corrected chi connectivity index (χ2v) is 5.81. The second kappa shape index (κ2) is 5.52. The van der Waals surface area contributed by atoms with Crippen molar-refractivity contribution in [2.45, 2.75) is 13.0 Å². The van der Waals surface area contributed by atoms with Gasteiger partial charge in [-0.05, 0) is 19.1 Å². The lowest BCUT2D eigenvalue weighted by Crippen LogP contribution is -2.47. The molecule has 1 atom stereocenters. The first kappa shape index (κ1) is 15.4. The summed E-state index contributed by atoms with van der Waals surface area (Å²) in [6, 6.07) is 1.55. The summed E-state index contributed by atoms with van der Waals surface area (Å²) in [7, 11) is -2.47. The molecule has 0 radical (unpaired) electrons. The lowest BCUT2D eigenvalue weighted by Gasteiger charge is -2.27. The van der Waals surface area contributed by atoms with E-state index in [0.29, 0.717) is 0 Å². The van der Waals surface area contributed by atoms with Crippen LogP contribution in [-0.4, -0.2) is 33.7 Å². The molecule has 5 nitrogen and oxygen atoms in total. The molecule has 0 aliphatic heterocycles. The monoisotopic (exact) mass is 292 g/mol. The Morgan fingerprint density at radius 3 is 2.32 bits per heavy atom. The lowest BCUT2D eigenvalue weighted by atomic mass is 10.2. The van der Waals surface area contributed by atoms with Gasteiger partial charge in [-0.1, -0.05) is 0 Å². The van der Waals surface area contributed by atoms with Crippen molar-refractivity contribution in [1.29, 1.82) is 0 Å². The van der Waals surface area contributed by atoms with Crippen molar-refractivity contribution >= 4 is 21.6 Å². The Labute approximate surface area is 110 Å². The Kier molecular flexibility index (Phi) is 4.46. The summed E-state index contributed by atoms with van der Waals surface area (Å²) in [5, 5.41) is 2.30. The Balaban J connectivity index is 3.33.